The van der Waals surface area contributed by atoms with Gasteiger partial charge in [-0.1, -0.05) is 26.0 Å². The molecule has 1 aromatic carbocycles. The lowest BCUT2D eigenvalue weighted by atomic mass is 10.0. The van der Waals surface area contributed by atoms with Gasteiger partial charge < -0.3 is 15.2 Å². The molecular formula is C16H25NO3. The summed E-state index contributed by atoms with van der Waals surface area (Å²) in [6.45, 7) is 5.71. The molecule has 1 aromatic rings. The maximum atomic E-state index is 10.9. The fourth-order valence-electron chi connectivity index (χ4n) is 2.00. The number of hydrogen-bond acceptors (Lipinski definition) is 3. The summed E-state index contributed by atoms with van der Waals surface area (Å²) in [5.41, 5.74) is 1.13. The van der Waals surface area contributed by atoms with E-state index in [4.69, 9.17) is 9.84 Å². The number of carbonyl (C=O) groups is 1. The number of ether oxygens (including phenoxy) is 1. The van der Waals surface area contributed by atoms with Gasteiger partial charge in [-0.3, -0.25) is 4.79 Å². The number of aliphatic carboxylic acids is 1. The first kappa shape index (κ1) is 16.5. The van der Waals surface area contributed by atoms with E-state index in [1.54, 1.807) is 0 Å². The maximum Gasteiger partial charge on any atom is 0.304 e. The van der Waals surface area contributed by atoms with Crippen LogP contribution in [0.4, 0.5) is 0 Å². The minimum Gasteiger partial charge on any atom is -0.494 e. The Hall–Kier alpha value is -1.55. The van der Waals surface area contributed by atoms with Gasteiger partial charge in [0.15, 0.2) is 0 Å². The summed E-state index contributed by atoms with van der Waals surface area (Å²) in [6, 6.07) is 7.89. The van der Waals surface area contributed by atoms with E-state index in [9.17, 15) is 4.79 Å². The van der Waals surface area contributed by atoms with Crippen LogP contribution in [-0.4, -0.2) is 30.3 Å². The van der Waals surface area contributed by atoms with Crippen molar-refractivity contribution in [1.29, 1.82) is 0 Å². The molecule has 2 N–H and O–H groups in total. The fraction of sp³-hybridized carbons (Fsp3) is 0.562. The first-order valence-corrected chi connectivity index (χ1v) is 7.32. The van der Waals surface area contributed by atoms with Crippen LogP contribution in [0.25, 0.3) is 0 Å². The summed E-state index contributed by atoms with van der Waals surface area (Å²) in [7, 11) is 0. The third kappa shape index (κ3) is 6.57. The molecule has 0 saturated carbocycles. The highest BCUT2D eigenvalue weighted by molar-refractivity contribution is 5.67. The van der Waals surface area contributed by atoms with Crippen molar-refractivity contribution in [3.63, 3.8) is 0 Å². The predicted molar refractivity (Wildman–Crippen MR) is 80.3 cm³/mol. The highest BCUT2D eigenvalue weighted by atomic mass is 16.5. The molecule has 0 bridgehead atoms. The molecule has 0 aromatic heterocycles. The van der Waals surface area contributed by atoms with Crippen molar-refractivity contribution < 1.29 is 14.6 Å². The molecule has 0 amide bonds. The number of hydrogen-bond donors (Lipinski definition) is 2. The molecule has 1 rings (SSSR count). The van der Waals surface area contributed by atoms with Gasteiger partial charge in [-0.05, 0) is 43.5 Å². The molecule has 112 valence electrons. The van der Waals surface area contributed by atoms with Gasteiger partial charge in [-0.15, -0.1) is 0 Å². The van der Waals surface area contributed by atoms with E-state index in [-0.39, 0.29) is 12.5 Å². The largest absolute Gasteiger partial charge is 0.494 e. The third-order valence-electron chi connectivity index (χ3n) is 2.98. The Kier molecular flexibility index (Phi) is 7.73. The summed E-state index contributed by atoms with van der Waals surface area (Å²) in [5.74, 6) is 0.105. The standard InChI is InChI=1S/C16H25NO3/c1-3-9-17-14(12-16(18)19)11-13-5-7-15(8-6-13)20-10-4-2/h5-8,14,17H,3-4,9-12H2,1-2H3,(H,18,19). The SMILES string of the molecule is CCCNC(CC(=O)O)Cc1ccc(OCCC)cc1. The average molecular weight is 279 g/mol. The van der Waals surface area contributed by atoms with Gasteiger partial charge in [-0.2, -0.15) is 0 Å². The lowest BCUT2D eigenvalue weighted by molar-refractivity contribution is -0.137. The molecule has 0 heterocycles. The minimum absolute atomic E-state index is 0.0186. The van der Waals surface area contributed by atoms with Gasteiger partial charge in [0.2, 0.25) is 0 Å². The average Bonchev–Trinajstić information content (AvgIpc) is 2.43. The summed E-state index contributed by atoms with van der Waals surface area (Å²) >= 11 is 0. The van der Waals surface area contributed by atoms with Gasteiger partial charge in [0.25, 0.3) is 0 Å². The second-order valence-corrected chi connectivity index (χ2v) is 4.95. The molecule has 1 unspecified atom stereocenters. The molecule has 0 radical (unpaired) electrons. The van der Waals surface area contributed by atoms with Crippen molar-refractivity contribution in [1.82, 2.24) is 5.32 Å². The van der Waals surface area contributed by atoms with E-state index in [2.05, 4.69) is 19.2 Å². The van der Waals surface area contributed by atoms with Crippen molar-refractivity contribution >= 4 is 5.97 Å². The Labute approximate surface area is 121 Å². The lowest BCUT2D eigenvalue weighted by Gasteiger charge is -2.16. The van der Waals surface area contributed by atoms with Gasteiger partial charge in [0.05, 0.1) is 13.0 Å². The van der Waals surface area contributed by atoms with Crippen LogP contribution in [0.2, 0.25) is 0 Å². The number of rotatable bonds is 10. The molecular weight excluding hydrogens is 254 g/mol. The van der Waals surface area contributed by atoms with Crippen LogP contribution in [-0.2, 0) is 11.2 Å². The number of benzene rings is 1. The zero-order valence-corrected chi connectivity index (χ0v) is 12.4. The Morgan fingerprint density at radius 3 is 2.50 bits per heavy atom. The molecule has 4 nitrogen and oxygen atoms in total. The van der Waals surface area contributed by atoms with Crippen LogP contribution in [0.1, 0.15) is 38.7 Å². The molecule has 0 aliphatic heterocycles. The van der Waals surface area contributed by atoms with Crippen molar-refractivity contribution in [3.8, 4) is 5.75 Å². The van der Waals surface area contributed by atoms with Crippen molar-refractivity contribution in [2.24, 2.45) is 0 Å². The zero-order chi connectivity index (χ0) is 14.8. The van der Waals surface area contributed by atoms with E-state index in [1.807, 2.05) is 24.3 Å². The normalized spacial score (nSPS) is 12.1. The van der Waals surface area contributed by atoms with Gasteiger partial charge in [0.1, 0.15) is 5.75 Å². The van der Waals surface area contributed by atoms with Crippen LogP contribution in [0.15, 0.2) is 24.3 Å². The molecule has 20 heavy (non-hydrogen) atoms. The Morgan fingerprint density at radius 2 is 1.95 bits per heavy atom. The smallest absolute Gasteiger partial charge is 0.304 e. The lowest BCUT2D eigenvalue weighted by Crippen LogP contribution is -2.33. The Morgan fingerprint density at radius 1 is 1.25 bits per heavy atom. The van der Waals surface area contributed by atoms with Crippen LogP contribution in [0, 0.1) is 0 Å². The van der Waals surface area contributed by atoms with E-state index in [0.29, 0.717) is 0 Å². The molecule has 0 fully saturated rings. The first-order chi connectivity index (χ1) is 9.65. The zero-order valence-electron chi connectivity index (χ0n) is 12.4. The monoisotopic (exact) mass is 279 g/mol. The number of carboxylic acids is 1. The predicted octanol–water partition coefficient (Wildman–Crippen LogP) is 2.86. The highest BCUT2D eigenvalue weighted by Gasteiger charge is 2.13. The number of carboxylic acid groups (broad SMARTS) is 1. The summed E-state index contributed by atoms with van der Waals surface area (Å²) in [6.07, 6.45) is 2.86. The quantitative estimate of drug-likeness (QED) is 0.691. The summed E-state index contributed by atoms with van der Waals surface area (Å²) in [5, 5.41) is 12.2. The maximum absolute atomic E-state index is 10.9. The fourth-order valence-corrected chi connectivity index (χ4v) is 2.00. The van der Waals surface area contributed by atoms with E-state index in [1.165, 1.54) is 0 Å². The minimum atomic E-state index is -0.762. The molecule has 0 spiro atoms. The van der Waals surface area contributed by atoms with Crippen LogP contribution >= 0.6 is 0 Å². The molecule has 1 atom stereocenters. The van der Waals surface area contributed by atoms with E-state index >= 15 is 0 Å². The van der Waals surface area contributed by atoms with Crippen molar-refractivity contribution in [2.75, 3.05) is 13.2 Å². The Bertz CT molecular complexity index is 389. The molecule has 0 aliphatic carbocycles. The summed E-state index contributed by atoms with van der Waals surface area (Å²) < 4.78 is 5.53. The van der Waals surface area contributed by atoms with E-state index < -0.39 is 5.97 Å². The van der Waals surface area contributed by atoms with Crippen LogP contribution in [0.3, 0.4) is 0 Å². The van der Waals surface area contributed by atoms with Gasteiger partial charge >= 0.3 is 5.97 Å². The van der Waals surface area contributed by atoms with Gasteiger partial charge in [0, 0.05) is 6.04 Å². The third-order valence-corrected chi connectivity index (χ3v) is 2.98. The van der Waals surface area contributed by atoms with Crippen LogP contribution < -0.4 is 10.1 Å². The van der Waals surface area contributed by atoms with E-state index in [0.717, 1.165) is 43.7 Å². The second kappa shape index (κ2) is 9.37. The number of nitrogens with one attached hydrogen (secondary N) is 1. The van der Waals surface area contributed by atoms with Gasteiger partial charge in [-0.25, -0.2) is 0 Å². The van der Waals surface area contributed by atoms with Crippen LogP contribution in [0.5, 0.6) is 5.75 Å². The molecule has 0 aliphatic rings. The topological polar surface area (TPSA) is 58.6 Å². The molecule has 0 saturated heterocycles. The second-order valence-electron chi connectivity index (χ2n) is 4.95. The van der Waals surface area contributed by atoms with Crippen molar-refractivity contribution in [2.45, 2.75) is 45.6 Å². The highest BCUT2D eigenvalue weighted by Crippen LogP contribution is 2.14. The van der Waals surface area contributed by atoms with Crippen molar-refractivity contribution in [3.05, 3.63) is 29.8 Å². The summed E-state index contributed by atoms with van der Waals surface area (Å²) in [4.78, 5) is 10.9. The first-order valence-electron chi connectivity index (χ1n) is 7.32. The molecule has 4 heteroatoms. The Balaban J connectivity index is 2.55.